The van der Waals surface area contributed by atoms with E-state index in [1.54, 1.807) is 4.90 Å². The number of alkyl halides is 3. The number of rotatable bonds is 4. The molecule has 0 radical (unpaired) electrons. The van der Waals surface area contributed by atoms with Crippen LogP contribution in [0.3, 0.4) is 0 Å². The molecule has 2 aromatic rings. The van der Waals surface area contributed by atoms with Gasteiger partial charge in [0.1, 0.15) is 5.69 Å². The van der Waals surface area contributed by atoms with Crippen LogP contribution in [0.4, 0.5) is 13.2 Å². The summed E-state index contributed by atoms with van der Waals surface area (Å²) in [4.78, 5) is 37.9. The summed E-state index contributed by atoms with van der Waals surface area (Å²) in [5.74, 6) is -1.24. The fourth-order valence-electron chi connectivity index (χ4n) is 4.38. The molecule has 2 fully saturated rings. The largest absolute Gasteiger partial charge is 0.404 e. The third-order valence-corrected chi connectivity index (χ3v) is 6.19. The van der Waals surface area contributed by atoms with E-state index in [2.05, 4.69) is 9.97 Å². The number of likely N-dealkylation sites (tertiary alicyclic amines) is 1. The van der Waals surface area contributed by atoms with Crippen LogP contribution in [0.25, 0.3) is 0 Å². The third-order valence-electron chi connectivity index (χ3n) is 6.19. The van der Waals surface area contributed by atoms with Crippen molar-refractivity contribution in [2.75, 3.05) is 39.3 Å². The number of halogens is 3. The highest BCUT2D eigenvalue weighted by atomic mass is 19.4. The van der Waals surface area contributed by atoms with Gasteiger partial charge in [0, 0.05) is 51.7 Å². The lowest BCUT2D eigenvalue weighted by Crippen LogP contribution is -2.58. The molecule has 2 aliphatic rings. The van der Waals surface area contributed by atoms with Crippen LogP contribution in [0.2, 0.25) is 0 Å². The van der Waals surface area contributed by atoms with Crippen LogP contribution in [-0.4, -0.2) is 81.9 Å². The molecular formula is C22H24F3N5O2. The molecule has 0 bridgehead atoms. The lowest BCUT2D eigenvalue weighted by Gasteiger charge is -2.40. The molecule has 7 nitrogen and oxygen atoms in total. The second-order valence-electron chi connectivity index (χ2n) is 8.20. The van der Waals surface area contributed by atoms with Crippen LogP contribution in [0, 0.1) is 5.41 Å². The maximum Gasteiger partial charge on any atom is 0.404 e. The van der Waals surface area contributed by atoms with Crippen molar-refractivity contribution in [1.82, 2.24) is 24.7 Å². The van der Waals surface area contributed by atoms with Crippen molar-refractivity contribution in [1.29, 1.82) is 0 Å². The molecule has 2 amide bonds. The van der Waals surface area contributed by atoms with Crippen molar-refractivity contribution in [3.05, 3.63) is 60.2 Å². The Hall–Kier alpha value is -3.01. The highest BCUT2D eigenvalue weighted by molar-refractivity contribution is 5.92. The van der Waals surface area contributed by atoms with E-state index in [1.165, 1.54) is 28.4 Å². The molecule has 2 aliphatic heterocycles. The number of carbonyl (C=O) groups excluding carboxylic acids is 2. The summed E-state index contributed by atoms with van der Waals surface area (Å²) >= 11 is 0. The number of nitrogens with zero attached hydrogens (tertiary/aromatic N) is 5. The number of hydrogen-bond acceptors (Lipinski definition) is 5. The van der Waals surface area contributed by atoms with Gasteiger partial charge in [-0.3, -0.25) is 19.5 Å². The first-order valence-electron chi connectivity index (χ1n) is 10.5. The van der Waals surface area contributed by atoms with Gasteiger partial charge < -0.3 is 9.80 Å². The second-order valence-corrected chi connectivity index (χ2v) is 8.20. The molecular weight excluding hydrogens is 423 g/mol. The Morgan fingerprint density at radius 1 is 0.969 bits per heavy atom. The summed E-state index contributed by atoms with van der Waals surface area (Å²) in [6, 6.07) is 9.27. The van der Waals surface area contributed by atoms with Crippen LogP contribution in [-0.2, 0) is 11.3 Å². The molecule has 4 rings (SSSR count). The standard InChI is InChI=1S/C22H24F3N5O2/c23-22(24,25)21(6-9-28(16-21)15-17-4-2-1-3-5-17)20(32)30-12-10-29(11-13-30)19(31)18-14-26-7-8-27-18/h1-5,7-8,14H,6,9-13,15-16H2. The fraction of sp³-hybridized carbons (Fsp3) is 0.455. The van der Waals surface area contributed by atoms with E-state index >= 15 is 0 Å². The van der Waals surface area contributed by atoms with Gasteiger partial charge in [-0.25, -0.2) is 4.98 Å². The molecule has 1 aromatic carbocycles. The van der Waals surface area contributed by atoms with Crippen molar-refractivity contribution in [3.8, 4) is 0 Å². The first kappa shape index (κ1) is 22.2. The van der Waals surface area contributed by atoms with Crippen molar-refractivity contribution in [2.45, 2.75) is 19.1 Å². The van der Waals surface area contributed by atoms with Gasteiger partial charge in [0.15, 0.2) is 5.41 Å². The summed E-state index contributed by atoms with van der Waals surface area (Å²) in [5.41, 5.74) is -1.33. The summed E-state index contributed by atoms with van der Waals surface area (Å²) in [7, 11) is 0. The molecule has 1 atom stereocenters. The number of hydrogen-bond donors (Lipinski definition) is 0. The van der Waals surface area contributed by atoms with Crippen LogP contribution >= 0.6 is 0 Å². The molecule has 32 heavy (non-hydrogen) atoms. The zero-order valence-corrected chi connectivity index (χ0v) is 17.5. The van der Waals surface area contributed by atoms with Crippen molar-refractivity contribution >= 4 is 11.8 Å². The SMILES string of the molecule is O=C(c1cnccn1)N1CCN(C(=O)C2(C(F)(F)F)CCN(Cc3ccccc3)C2)CC1. The lowest BCUT2D eigenvalue weighted by molar-refractivity contribution is -0.224. The van der Waals surface area contributed by atoms with E-state index in [1.807, 2.05) is 30.3 Å². The summed E-state index contributed by atoms with van der Waals surface area (Å²) < 4.78 is 42.6. The predicted molar refractivity (Wildman–Crippen MR) is 109 cm³/mol. The maximum absolute atomic E-state index is 14.2. The highest BCUT2D eigenvalue weighted by Crippen LogP contribution is 2.47. The van der Waals surface area contributed by atoms with Crippen LogP contribution < -0.4 is 0 Å². The average molecular weight is 447 g/mol. The molecule has 1 aromatic heterocycles. The molecule has 2 saturated heterocycles. The smallest absolute Gasteiger partial charge is 0.338 e. The molecule has 170 valence electrons. The van der Waals surface area contributed by atoms with E-state index in [0.29, 0.717) is 6.54 Å². The minimum Gasteiger partial charge on any atom is -0.338 e. The van der Waals surface area contributed by atoms with Crippen molar-refractivity contribution in [2.24, 2.45) is 5.41 Å². The van der Waals surface area contributed by atoms with Crippen molar-refractivity contribution in [3.63, 3.8) is 0 Å². The number of aromatic nitrogens is 2. The zero-order valence-electron chi connectivity index (χ0n) is 17.5. The molecule has 0 spiro atoms. The summed E-state index contributed by atoms with van der Waals surface area (Å²) in [6.07, 6.45) is -0.713. The summed E-state index contributed by atoms with van der Waals surface area (Å²) in [5, 5.41) is 0. The van der Waals surface area contributed by atoms with Crippen LogP contribution in [0.5, 0.6) is 0 Å². The normalized spacial score (nSPS) is 22.2. The van der Waals surface area contributed by atoms with Crippen molar-refractivity contribution < 1.29 is 22.8 Å². The van der Waals surface area contributed by atoms with Gasteiger partial charge in [0.05, 0.1) is 6.20 Å². The van der Waals surface area contributed by atoms with Crippen LogP contribution in [0.15, 0.2) is 48.9 Å². The van der Waals surface area contributed by atoms with E-state index < -0.39 is 17.5 Å². The Kier molecular flexibility index (Phi) is 6.14. The Labute approximate surface area is 183 Å². The predicted octanol–water partition coefficient (Wildman–Crippen LogP) is 2.22. The molecule has 3 heterocycles. The molecule has 0 aliphatic carbocycles. The lowest BCUT2D eigenvalue weighted by atomic mass is 9.84. The molecule has 0 saturated carbocycles. The van der Waals surface area contributed by atoms with E-state index in [9.17, 15) is 22.8 Å². The Bertz CT molecular complexity index is 949. The second kappa shape index (κ2) is 8.85. The summed E-state index contributed by atoms with van der Waals surface area (Å²) in [6.45, 7) is 0.634. The number of benzene rings is 1. The molecule has 0 N–H and O–H groups in total. The topological polar surface area (TPSA) is 69.6 Å². The number of amides is 2. The van der Waals surface area contributed by atoms with Gasteiger partial charge in [0.25, 0.3) is 5.91 Å². The monoisotopic (exact) mass is 447 g/mol. The Morgan fingerprint density at radius 3 is 2.28 bits per heavy atom. The zero-order chi connectivity index (χ0) is 22.8. The van der Waals surface area contributed by atoms with E-state index in [-0.39, 0.29) is 57.3 Å². The first-order valence-corrected chi connectivity index (χ1v) is 10.5. The van der Waals surface area contributed by atoms with E-state index in [4.69, 9.17) is 0 Å². The first-order chi connectivity index (χ1) is 15.3. The molecule has 10 heteroatoms. The number of carbonyl (C=O) groups is 2. The Morgan fingerprint density at radius 2 is 1.66 bits per heavy atom. The van der Waals surface area contributed by atoms with Gasteiger partial charge in [-0.1, -0.05) is 30.3 Å². The quantitative estimate of drug-likeness (QED) is 0.719. The van der Waals surface area contributed by atoms with Gasteiger partial charge >= 0.3 is 6.18 Å². The molecule has 1 unspecified atom stereocenters. The van der Waals surface area contributed by atoms with E-state index in [0.717, 1.165) is 5.56 Å². The Balaban J connectivity index is 1.43. The number of piperazine rings is 1. The van der Waals surface area contributed by atoms with Gasteiger partial charge in [-0.15, -0.1) is 0 Å². The highest BCUT2D eigenvalue weighted by Gasteiger charge is 2.64. The van der Waals surface area contributed by atoms with Gasteiger partial charge in [-0.2, -0.15) is 13.2 Å². The van der Waals surface area contributed by atoms with Crippen LogP contribution in [0.1, 0.15) is 22.5 Å². The van der Waals surface area contributed by atoms with Gasteiger partial charge in [-0.05, 0) is 18.5 Å². The van der Waals surface area contributed by atoms with Gasteiger partial charge in [0.2, 0.25) is 5.91 Å². The maximum atomic E-state index is 14.2. The minimum atomic E-state index is -4.65. The average Bonchev–Trinajstić information content (AvgIpc) is 3.25. The third kappa shape index (κ3) is 4.32. The fourth-order valence-corrected chi connectivity index (χ4v) is 4.38. The minimum absolute atomic E-state index is 0.0569.